The summed E-state index contributed by atoms with van der Waals surface area (Å²) in [5.41, 5.74) is 1.14. The summed E-state index contributed by atoms with van der Waals surface area (Å²) < 4.78 is 11.1. The van der Waals surface area contributed by atoms with E-state index in [1.54, 1.807) is 55.6 Å². The van der Waals surface area contributed by atoms with Crippen LogP contribution in [0.25, 0.3) is 0 Å². The van der Waals surface area contributed by atoms with Crippen molar-refractivity contribution in [3.8, 4) is 11.5 Å². The van der Waals surface area contributed by atoms with Crippen molar-refractivity contribution in [3.05, 3.63) is 103 Å². The van der Waals surface area contributed by atoms with Gasteiger partial charge >= 0.3 is 4.87 Å². The van der Waals surface area contributed by atoms with Crippen LogP contribution < -0.4 is 24.6 Å². The van der Waals surface area contributed by atoms with E-state index in [0.29, 0.717) is 32.7 Å². The smallest absolute Gasteiger partial charge is 0.305 e. The first-order valence-corrected chi connectivity index (χ1v) is 14.6. The second-order valence-electron chi connectivity index (χ2n) is 9.64. The molecule has 14 heteroatoms. The van der Waals surface area contributed by atoms with Gasteiger partial charge < -0.3 is 19.8 Å². The number of nitro benzene ring substituents is 1. The maximum atomic E-state index is 14.0. The van der Waals surface area contributed by atoms with Gasteiger partial charge in [0.1, 0.15) is 16.7 Å². The number of carbonyl (C=O) groups excluding carboxylic acids is 3. The van der Waals surface area contributed by atoms with Crippen LogP contribution in [0, 0.1) is 16.0 Å². The minimum absolute atomic E-state index is 0.172. The van der Waals surface area contributed by atoms with Crippen LogP contribution in [0.5, 0.6) is 11.5 Å². The predicted molar refractivity (Wildman–Crippen MR) is 159 cm³/mol. The summed E-state index contributed by atoms with van der Waals surface area (Å²) in [6, 6.07) is 18.9. The van der Waals surface area contributed by atoms with Crippen LogP contribution in [0.3, 0.4) is 0 Å². The quantitative estimate of drug-likeness (QED) is 0.168. The highest BCUT2D eigenvalue weighted by Gasteiger charge is 2.56. The number of carbonyl (C=O) groups is 3. The Morgan fingerprint density at radius 3 is 2.44 bits per heavy atom. The molecule has 1 aromatic heterocycles. The van der Waals surface area contributed by atoms with Gasteiger partial charge in [-0.2, -0.15) is 0 Å². The van der Waals surface area contributed by atoms with E-state index in [2.05, 4.69) is 10.3 Å². The van der Waals surface area contributed by atoms with Crippen LogP contribution in [0.4, 0.5) is 17.1 Å². The zero-order chi connectivity index (χ0) is 30.2. The van der Waals surface area contributed by atoms with Gasteiger partial charge in [0.15, 0.2) is 6.61 Å². The molecule has 3 atom stereocenters. The lowest BCUT2D eigenvalue weighted by atomic mass is 9.82. The molecular weight excluding hydrogens is 596 g/mol. The number of anilines is 2. The molecule has 3 heterocycles. The van der Waals surface area contributed by atoms with E-state index in [-0.39, 0.29) is 22.9 Å². The van der Waals surface area contributed by atoms with Crippen molar-refractivity contribution in [2.75, 3.05) is 23.9 Å². The summed E-state index contributed by atoms with van der Waals surface area (Å²) in [6.45, 7) is -0.337. The van der Waals surface area contributed by atoms with E-state index < -0.39 is 39.7 Å². The molecule has 0 saturated carbocycles. The lowest BCUT2D eigenvalue weighted by molar-refractivity contribution is -0.384. The number of hydrogen-bond donors (Lipinski definition) is 2. The Kier molecular flexibility index (Phi) is 7.46. The number of nitrogens with zero attached hydrogens (tertiary/aromatic N) is 2. The Morgan fingerprint density at radius 2 is 1.74 bits per heavy atom. The zero-order valence-corrected chi connectivity index (χ0v) is 24.0. The van der Waals surface area contributed by atoms with E-state index in [1.807, 2.05) is 0 Å². The normalized spacial score (nSPS) is 19.0. The average Bonchev–Trinajstić information content (AvgIpc) is 3.50. The van der Waals surface area contributed by atoms with Crippen LogP contribution in [0.1, 0.15) is 16.4 Å². The van der Waals surface area contributed by atoms with Gasteiger partial charge in [0.05, 0.1) is 28.7 Å². The molecule has 4 aromatic rings. The number of aromatic amines is 1. The second-order valence-corrected chi connectivity index (χ2v) is 11.8. The molecule has 2 aliphatic rings. The lowest BCUT2D eigenvalue weighted by Crippen LogP contribution is -2.32. The predicted octanol–water partition coefficient (Wildman–Crippen LogP) is 4.17. The third-order valence-electron chi connectivity index (χ3n) is 7.13. The molecule has 0 aliphatic carbocycles. The van der Waals surface area contributed by atoms with Crippen molar-refractivity contribution in [2.24, 2.45) is 5.92 Å². The number of thiazole rings is 1. The van der Waals surface area contributed by atoms with Gasteiger partial charge in [0.2, 0.25) is 11.8 Å². The Bertz CT molecular complexity index is 1800. The van der Waals surface area contributed by atoms with Crippen LogP contribution in [0.2, 0.25) is 0 Å². The largest absolute Gasteiger partial charge is 0.497 e. The summed E-state index contributed by atoms with van der Waals surface area (Å²) in [7, 11) is 1.55. The number of nitro groups is 1. The number of aromatic nitrogens is 1. The van der Waals surface area contributed by atoms with Crippen molar-refractivity contribution in [1.82, 2.24) is 4.98 Å². The number of non-ortho nitro benzene ring substituents is 1. The van der Waals surface area contributed by atoms with E-state index in [1.165, 1.54) is 24.3 Å². The fraction of sp³-hybridized carbons (Fsp3) is 0.172. The first-order chi connectivity index (χ1) is 20.7. The maximum Gasteiger partial charge on any atom is 0.305 e. The molecule has 2 unspecified atom stereocenters. The van der Waals surface area contributed by atoms with Crippen molar-refractivity contribution >= 4 is 57.9 Å². The third-order valence-corrected chi connectivity index (χ3v) is 9.53. The van der Waals surface area contributed by atoms with Crippen LogP contribution >= 0.6 is 23.1 Å². The minimum Gasteiger partial charge on any atom is -0.497 e. The van der Waals surface area contributed by atoms with Gasteiger partial charge in [-0.05, 0) is 42.5 Å². The Balaban J connectivity index is 1.31. The molecule has 6 rings (SSSR count). The number of imide groups is 1. The van der Waals surface area contributed by atoms with Crippen LogP contribution in [-0.2, 0) is 14.4 Å². The Hall–Kier alpha value is -4.95. The Morgan fingerprint density at radius 1 is 1.02 bits per heavy atom. The maximum absolute atomic E-state index is 14.0. The molecular formula is C29H22N4O8S2. The van der Waals surface area contributed by atoms with E-state index in [0.717, 1.165) is 28.0 Å². The summed E-state index contributed by atoms with van der Waals surface area (Å²) >= 11 is 2.07. The highest BCUT2D eigenvalue weighted by Crippen LogP contribution is 2.54. The number of para-hydroxylation sites is 1. The molecule has 43 heavy (non-hydrogen) atoms. The number of benzene rings is 3. The SMILES string of the molecule is COc1ccc(NC(=O)COc2ccccc2[C@H]2c3sc(=O)[nH]c3SC3C(=O)N(c4ccc([N+](=O)[O-])cc4)C(=O)C32)cc1. The first kappa shape index (κ1) is 28.2. The molecule has 12 nitrogen and oxygen atoms in total. The highest BCUT2D eigenvalue weighted by molar-refractivity contribution is 8.00. The summed E-state index contributed by atoms with van der Waals surface area (Å²) in [6.07, 6.45) is 0. The first-order valence-electron chi connectivity index (χ1n) is 12.9. The third kappa shape index (κ3) is 5.26. The number of nitrogens with one attached hydrogen (secondary N) is 2. The molecule has 3 aromatic carbocycles. The number of thioether (sulfide) groups is 1. The highest BCUT2D eigenvalue weighted by atomic mass is 32.2. The lowest BCUT2D eigenvalue weighted by Gasteiger charge is -2.30. The second kappa shape index (κ2) is 11.4. The summed E-state index contributed by atoms with van der Waals surface area (Å²) in [5.74, 6) is -2.07. The average molecular weight is 619 g/mol. The molecule has 2 aliphatic heterocycles. The van der Waals surface area contributed by atoms with Gasteiger partial charge in [-0.25, -0.2) is 4.90 Å². The Labute approximate surface area is 251 Å². The molecule has 3 amide bonds. The van der Waals surface area contributed by atoms with Crippen molar-refractivity contribution < 1.29 is 28.8 Å². The number of rotatable bonds is 8. The number of hydrogen-bond acceptors (Lipinski definition) is 10. The van der Waals surface area contributed by atoms with Gasteiger partial charge in [0.25, 0.3) is 11.6 Å². The molecule has 0 radical (unpaired) electrons. The number of ether oxygens (including phenoxy) is 2. The topological polar surface area (TPSA) is 161 Å². The standard InChI is InChI=1S/C29H22N4O8S2/c1-40-18-12-6-15(7-13-18)30-21(34)14-41-20-5-3-2-4-19(20)22-23-25(42-26-24(22)43-29(37)31-26)28(36)32(27(23)35)16-8-10-17(11-9-16)33(38)39/h2-13,22-23,25H,14H2,1H3,(H,30,34)(H,31,37)/t22-,23?,25?/m1/s1. The minimum atomic E-state index is -0.899. The van der Waals surface area contributed by atoms with Crippen LogP contribution in [-0.4, -0.2) is 46.6 Å². The number of fused-ring (bicyclic) bond motifs is 2. The molecule has 2 N–H and O–H groups in total. The molecule has 0 bridgehead atoms. The number of methoxy groups -OCH3 is 1. The van der Waals surface area contributed by atoms with Gasteiger partial charge in [-0.3, -0.25) is 29.3 Å². The van der Waals surface area contributed by atoms with Crippen LogP contribution in [0.15, 0.2) is 82.6 Å². The van der Waals surface area contributed by atoms with E-state index >= 15 is 0 Å². The molecule has 0 spiro atoms. The van der Waals surface area contributed by atoms with Crippen molar-refractivity contribution in [2.45, 2.75) is 16.2 Å². The number of H-pyrrole nitrogens is 1. The molecule has 1 fully saturated rings. The zero-order valence-electron chi connectivity index (χ0n) is 22.3. The van der Waals surface area contributed by atoms with Gasteiger partial charge in [-0.1, -0.05) is 41.3 Å². The van der Waals surface area contributed by atoms with Gasteiger partial charge in [-0.15, -0.1) is 0 Å². The van der Waals surface area contributed by atoms with Crippen molar-refractivity contribution in [3.63, 3.8) is 0 Å². The molecule has 218 valence electrons. The summed E-state index contributed by atoms with van der Waals surface area (Å²) in [5, 5.41) is 13.5. The fourth-order valence-electron chi connectivity index (χ4n) is 5.21. The fourth-order valence-corrected chi connectivity index (χ4v) is 7.72. The summed E-state index contributed by atoms with van der Waals surface area (Å²) in [4.78, 5) is 67.4. The monoisotopic (exact) mass is 618 g/mol. The van der Waals surface area contributed by atoms with Gasteiger partial charge in [0, 0.05) is 34.2 Å². The molecule has 1 saturated heterocycles. The number of amides is 3. The van der Waals surface area contributed by atoms with E-state index in [9.17, 15) is 29.3 Å². The van der Waals surface area contributed by atoms with E-state index in [4.69, 9.17) is 9.47 Å². The van der Waals surface area contributed by atoms with Crippen molar-refractivity contribution in [1.29, 1.82) is 0 Å².